The molecule has 0 saturated carbocycles. The van der Waals surface area contributed by atoms with Crippen molar-refractivity contribution in [3.63, 3.8) is 0 Å². The first kappa shape index (κ1) is 14.8. The number of rotatable bonds is 4. The van der Waals surface area contributed by atoms with Crippen molar-refractivity contribution in [2.45, 2.75) is 18.5 Å². The summed E-state index contributed by atoms with van der Waals surface area (Å²) in [7, 11) is 0. The van der Waals surface area contributed by atoms with Gasteiger partial charge in [0, 0.05) is 5.69 Å². The Kier molecular flexibility index (Phi) is 4.98. The van der Waals surface area contributed by atoms with Crippen molar-refractivity contribution in [1.29, 1.82) is 0 Å². The molecule has 1 aromatic carbocycles. The van der Waals surface area contributed by atoms with Gasteiger partial charge in [0.2, 0.25) is 0 Å². The van der Waals surface area contributed by atoms with Gasteiger partial charge in [0.1, 0.15) is 0 Å². The standard InChI is InChI=1S/C14H14ClN3OS/c1-3-9-6-4-5-7-11(9)17-13(19)12-10(15)8-16-14(18-12)20-2/h4-8H,3H2,1-2H3,(H,17,19). The van der Waals surface area contributed by atoms with Crippen molar-refractivity contribution in [1.82, 2.24) is 9.97 Å². The number of carbonyl (C=O) groups excluding carboxylic acids is 1. The van der Waals surface area contributed by atoms with Crippen LogP contribution in [-0.4, -0.2) is 22.1 Å². The molecular formula is C14H14ClN3OS. The van der Waals surface area contributed by atoms with Gasteiger partial charge >= 0.3 is 0 Å². The molecule has 1 heterocycles. The molecule has 4 nitrogen and oxygen atoms in total. The lowest BCUT2D eigenvalue weighted by molar-refractivity contribution is 0.102. The normalized spacial score (nSPS) is 10.3. The minimum absolute atomic E-state index is 0.192. The lowest BCUT2D eigenvalue weighted by Crippen LogP contribution is -2.16. The minimum Gasteiger partial charge on any atom is -0.320 e. The number of nitrogens with zero attached hydrogens (tertiary/aromatic N) is 2. The van der Waals surface area contributed by atoms with Crippen molar-refractivity contribution < 1.29 is 4.79 Å². The average Bonchev–Trinajstić information content (AvgIpc) is 2.48. The van der Waals surface area contributed by atoms with Crippen molar-refractivity contribution in [3.8, 4) is 0 Å². The molecule has 1 amide bonds. The maximum absolute atomic E-state index is 12.3. The molecular weight excluding hydrogens is 294 g/mol. The zero-order chi connectivity index (χ0) is 14.5. The topological polar surface area (TPSA) is 54.9 Å². The second kappa shape index (κ2) is 6.72. The largest absolute Gasteiger partial charge is 0.320 e. The number of carbonyl (C=O) groups is 1. The van der Waals surface area contributed by atoms with E-state index in [1.165, 1.54) is 18.0 Å². The summed E-state index contributed by atoms with van der Waals surface area (Å²) >= 11 is 7.36. The van der Waals surface area contributed by atoms with Crippen molar-refractivity contribution in [2.75, 3.05) is 11.6 Å². The van der Waals surface area contributed by atoms with Crippen LogP contribution in [0.3, 0.4) is 0 Å². The molecule has 2 aromatic rings. The average molecular weight is 308 g/mol. The minimum atomic E-state index is -0.325. The molecule has 0 atom stereocenters. The number of hydrogen-bond donors (Lipinski definition) is 1. The number of para-hydroxylation sites is 1. The summed E-state index contributed by atoms with van der Waals surface area (Å²) in [6.45, 7) is 2.04. The highest BCUT2D eigenvalue weighted by molar-refractivity contribution is 7.98. The predicted molar refractivity (Wildman–Crippen MR) is 82.6 cm³/mol. The van der Waals surface area contributed by atoms with Crippen LogP contribution in [0, 0.1) is 0 Å². The van der Waals surface area contributed by atoms with E-state index in [9.17, 15) is 4.79 Å². The molecule has 20 heavy (non-hydrogen) atoms. The molecule has 1 N–H and O–H groups in total. The Morgan fingerprint density at radius 2 is 2.15 bits per heavy atom. The van der Waals surface area contributed by atoms with Crippen LogP contribution < -0.4 is 5.32 Å². The van der Waals surface area contributed by atoms with Crippen molar-refractivity contribution in [2.24, 2.45) is 0 Å². The Balaban J connectivity index is 2.28. The summed E-state index contributed by atoms with van der Waals surface area (Å²) in [5, 5.41) is 3.61. The number of thioether (sulfide) groups is 1. The molecule has 0 fully saturated rings. The zero-order valence-corrected chi connectivity index (χ0v) is 12.8. The monoisotopic (exact) mass is 307 g/mol. The fraction of sp³-hybridized carbons (Fsp3) is 0.214. The molecule has 0 bridgehead atoms. The van der Waals surface area contributed by atoms with Crippen LogP contribution in [0.1, 0.15) is 23.0 Å². The van der Waals surface area contributed by atoms with Crippen LogP contribution in [0.2, 0.25) is 5.02 Å². The fourth-order valence-electron chi connectivity index (χ4n) is 1.74. The van der Waals surface area contributed by atoms with Gasteiger partial charge in [-0.25, -0.2) is 9.97 Å². The summed E-state index contributed by atoms with van der Waals surface area (Å²) in [4.78, 5) is 20.4. The van der Waals surface area contributed by atoms with E-state index in [-0.39, 0.29) is 16.6 Å². The van der Waals surface area contributed by atoms with E-state index in [0.717, 1.165) is 17.7 Å². The van der Waals surface area contributed by atoms with Gasteiger partial charge in [-0.15, -0.1) is 0 Å². The second-order valence-electron chi connectivity index (χ2n) is 4.02. The van der Waals surface area contributed by atoms with E-state index >= 15 is 0 Å². The molecule has 0 radical (unpaired) electrons. The fourth-order valence-corrected chi connectivity index (χ4v) is 2.26. The molecule has 6 heteroatoms. The third kappa shape index (κ3) is 3.29. The van der Waals surface area contributed by atoms with E-state index in [0.29, 0.717) is 5.16 Å². The van der Waals surface area contributed by atoms with Gasteiger partial charge in [-0.3, -0.25) is 4.79 Å². The number of amides is 1. The van der Waals surface area contributed by atoms with Crippen LogP contribution in [0.4, 0.5) is 5.69 Å². The summed E-state index contributed by atoms with van der Waals surface area (Å²) in [6, 6.07) is 7.66. The third-order valence-electron chi connectivity index (χ3n) is 2.77. The van der Waals surface area contributed by atoms with E-state index in [4.69, 9.17) is 11.6 Å². The zero-order valence-electron chi connectivity index (χ0n) is 11.2. The SMILES string of the molecule is CCc1ccccc1NC(=O)c1nc(SC)ncc1Cl. The first-order chi connectivity index (χ1) is 9.65. The number of nitrogens with one attached hydrogen (secondary N) is 1. The van der Waals surface area contributed by atoms with Gasteiger partial charge in [0.05, 0.1) is 11.2 Å². The molecule has 0 unspecified atom stereocenters. The van der Waals surface area contributed by atoms with Crippen molar-refractivity contribution in [3.05, 3.63) is 46.7 Å². The first-order valence-electron chi connectivity index (χ1n) is 6.11. The van der Waals surface area contributed by atoms with Crippen molar-refractivity contribution >= 4 is 35.0 Å². The molecule has 0 aliphatic heterocycles. The Bertz CT molecular complexity index is 634. The Hall–Kier alpha value is -1.59. The van der Waals surface area contributed by atoms with E-state index in [1.54, 1.807) is 0 Å². The molecule has 104 valence electrons. The van der Waals surface area contributed by atoms with Crippen LogP contribution in [-0.2, 0) is 6.42 Å². The molecule has 0 saturated heterocycles. The number of aryl methyl sites for hydroxylation is 1. The number of aromatic nitrogens is 2. The Morgan fingerprint density at radius 3 is 2.85 bits per heavy atom. The van der Waals surface area contributed by atoms with Gasteiger partial charge < -0.3 is 5.32 Å². The van der Waals surface area contributed by atoms with E-state index in [2.05, 4.69) is 15.3 Å². The molecule has 1 aromatic heterocycles. The van der Waals surface area contributed by atoms with Gasteiger partial charge in [0.25, 0.3) is 5.91 Å². The van der Waals surface area contributed by atoms with Crippen LogP contribution in [0.5, 0.6) is 0 Å². The summed E-state index contributed by atoms with van der Waals surface area (Å²) in [5.41, 5.74) is 2.04. The number of anilines is 1. The van der Waals surface area contributed by atoms with Gasteiger partial charge in [-0.1, -0.05) is 48.5 Å². The lowest BCUT2D eigenvalue weighted by atomic mass is 10.1. The maximum Gasteiger partial charge on any atom is 0.275 e. The number of hydrogen-bond acceptors (Lipinski definition) is 4. The molecule has 0 aliphatic rings. The van der Waals surface area contributed by atoms with Crippen LogP contribution >= 0.6 is 23.4 Å². The summed E-state index contributed by atoms with van der Waals surface area (Å²) in [6.07, 6.45) is 4.13. The van der Waals surface area contributed by atoms with E-state index in [1.807, 2.05) is 37.4 Å². The van der Waals surface area contributed by atoms with Crippen LogP contribution in [0.25, 0.3) is 0 Å². The third-order valence-corrected chi connectivity index (χ3v) is 3.60. The maximum atomic E-state index is 12.3. The lowest BCUT2D eigenvalue weighted by Gasteiger charge is -2.10. The highest BCUT2D eigenvalue weighted by atomic mass is 35.5. The summed E-state index contributed by atoms with van der Waals surface area (Å²) < 4.78 is 0. The highest BCUT2D eigenvalue weighted by Crippen LogP contribution is 2.20. The first-order valence-corrected chi connectivity index (χ1v) is 7.71. The summed E-state index contributed by atoms with van der Waals surface area (Å²) in [5.74, 6) is -0.325. The quantitative estimate of drug-likeness (QED) is 0.691. The number of benzene rings is 1. The van der Waals surface area contributed by atoms with E-state index < -0.39 is 0 Å². The van der Waals surface area contributed by atoms with Gasteiger partial charge in [-0.2, -0.15) is 0 Å². The second-order valence-corrected chi connectivity index (χ2v) is 5.20. The smallest absolute Gasteiger partial charge is 0.275 e. The van der Waals surface area contributed by atoms with Gasteiger partial charge in [-0.05, 0) is 24.3 Å². The Labute approximate surface area is 127 Å². The predicted octanol–water partition coefficient (Wildman–Crippen LogP) is 3.67. The molecule has 0 spiro atoms. The Morgan fingerprint density at radius 1 is 1.40 bits per heavy atom. The molecule has 0 aliphatic carbocycles. The number of halogens is 1. The van der Waals surface area contributed by atoms with Gasteiger partial charge in [0.15, 0.2) is 10.9 Å². The highest BCUT2D eigenvalue weighted by Gasteiger charge is 2.15. The van der Waals surface area contributed by atoms with Crippen LogP contribution in [0.15, 0.2) is 35.6 Å². The molecule has 2 rings (SSSR count).